The molecule has 1 saturated heterocycles. The number of aromatic nitrogens is 2. The Morgan fingerprint density at radius 3 is 2.70 bits per heavy atom. The zero-order chi connectivity index (χ0) is 14.8. The van der Waals surface area contributed by atoms with E-state index in [2.05, 4.69) is 30.0 Å². The van der Waals surface area contributed by atoms with Crippen molar-refractivity contribution >= 4 is 9.84 Å². The molecule has 2 heterocycles. The molecule has 1 unspecified atom stereocenters. The van der Waals surface area contributed by atoms with E-state index in [9.17, 15) is 8.42 Å². The summed E-state index contributed by atoms with van der Waals surface area (Å²) in [6, 6.07) is 2.09. The molecule has 1 aliphatic rings. The summed E-state index contributed by atoms with van der Waals surface area (Å²) in [6.07, 6.45) is 1.82. The van der Waals surface area contributed by atoms with Crippen LogP contribution in [0.2, 0.25) is 0 Å². The van der Waals surface area contributed by atoms with Gasteiger partial charge in [-0.25, -0.2) is 8.42 Å². The molecule has 1 aliphatic heterocycles. The van der Waals surface area contributed by atoms with Gasteiger partial charge in [-0.05, 0) is 52.3 Å². The van der Waals surface area contributed by atoms with Gasteiger partial charge in [-0.15, -0.1) is 0 Å². The van der Waals surface area contributed by atoms with E-state index < -0.39 is 9.84 Å². The molecule has 114 valence electrons. The monoisotopic (exact) mass is 299 g/mol. The van der Waals surface area contributed by atoms with Crippen LogP contribution in [0.5, 0.6) is 0 Å². The predicted octanol–water partition coefficient (Wildman–Crippen LogP) is 1.26. The molecule has 0 aliphatic carbocycles. The van der Waals surface area contributed by atoms with Crippen molar-refractivity contribution in [3.05, 3.63) is 17.5 Å². The van der Waals surface area contributed by atoms with Crippen molar-refractivity contribution < 1.29 is 8.42 Å². The van der Waals surface area contributed by atoms with Crippen LogP contribution in [0, 0.1) is 19.8 Å². The first-order chi connectivity index (χ1) is 9.35. The maximum atomic E-state index is 11.4. The second-order valence-corrected chi connectivity index (χ2v) is 8.24. The van der Waals surface area contributed by atoms with Crippen LogP contribution in [0.15, 0.2) is 6.07 Å². The molecule has 1 aromatic rings. The first kappa shape index (κ1) is 15.5. The van der Waals surface area contributed by atoms with Crippen LogP contribution in [0.3, 0.4) is 0 Å². The summed E-state index contributed by atoms with van der Waals surface area (Å²) >= 11 is 0. The van der Waals surface area contributed by atoms with Gasteiger partial charge in [-0.2, -0.15) is 5.10 Å². The molecule has 0 spiro atoms. The molecule has 0 amide bonds. The number of aryl methyl sites for hydroxylation is 2. The Morgan fingerprint density at radius 2 is 2.15 bits per heavy atom. The lowest BCUT2D eigenvalue weighted by atomic mass is 10.1. The first-order valence-electron chi connectivity index (χ1n) is 7.26. The SMILES string of the molecule is Cc1cc(C)n(CCN(C)CCC2CCS(=O)(=O)C2)n1. The Bertz CT molecular complexity index is 551. The second kappa shape index (κ2) is 6.26. The molecule has 20 heavy (non-hydrogen) atoms. The standard InChI is InChI=1S/C14H25N3O2S/c1-12-10-13(2)17(15-12)8-7-16(3)6-4-14-5-9-20(18,19)11-14/h10,14H,4-9,11H2,1-3H3. The molecule has 0 bridgehead atoms. The lowest BCUT2D eigenvalue weighted by Crippen LogP contribution is -2.26. The number of nitrogens with zero attached hydrogens (tertiary/aromatic N) is 3. The van der Waals surface area contributed by atoms with E-state index in [1.807, 2.05) is 11.6 Å². The van der Waals surface area contributed by atoms with Gasteiger partial charge in [-0.1, -0.05) is 0 Å². The summed E-state index contributed by atoms with van der Waals surface area (Å²) in [5.41, 5.74) is 2.25. The zero-order valence-corrected chi connectivity index (χ0v) is 13.5. The number of hydrogen-bond donors (Lipinski definition) is 0. The molecule has 1 aromatic heterocycles. The van der Waals surface area contributed by atoms with Crippen LogP contribution in [0.25, 0.3) is 0 Å². The quantitative estimate of drug-likeness (QED) is 0.793. The highest BCUT2D eigenvalue weighted by atomic mass is 32.2. The van der Waals surface area contributed by atoms with E-state index in [4.69, 9.17) is 0 Å². The van der Waals surface area contributed by atoms with Gasteiger partial charge >= 0.3 is 0 Å². The minimum Gasteiger partial charge on any atom is -0.305 e. The maximum absolute atomic E-state index is 11.4. The smallest absolute Gasteiger partial charge is 0.150 e. The Labute approximate surface area is 121 Å². The van der Waals surface area contributed by atoms with Gasteiger partial charge in [0, 0.05) is 12.2 Å². The number of rotatable bonds is 6. The highest BCUT2D eigenvalue weighted by Crippen LogP contribution is 2.21. The Hall–Kier alpha value is -0.880. The van der Waals surface area contributed by atoms with E-state index in [0.29, 0.717) is 17.4 Å². The summed E-state index contributed by atoms with van der Waals surface area (Å²) < 4.78 is 24.9. The molecule has 1 atom stereocenters. The van der Waals surface area contributed by atoms with Crippen molar-refractivity contribution in [1.82, 2.24) is 14.7 Å². The minimum absolute atomic E-state index is 0.358. The fourth-order valence-electron chi connectivity index (χ4n) is 2.78. The van der Waals surface area contributed by atoms with Crippen molar-refractivity contribution in [2.75, 3.05) is 31.6 Å². The summed E-state index contributed by atoms with van der Waals surface area (Å²) in [7, 11) is -0.642. The summed E-state index contributed by atoms with van der Waals surface area (Å²) in [6.45, 7) is 6.87. The van der Waals surface area contributed by atoms with E-state index in [0.717, 1.165) is 38.2 Å². The summed E-state index contributed by atoms with van der Waals surface area (Å²) in [4.78, 5) is 2.27. The fraction of sp³-hybridized carbons (Fsp3) is 0.786. The summed E-state index contributed by atoms with van der Waals surface area (Å²) in [5, 5.41) is 4.45. The Morgan fingerprint density at radius 1 is 1.40 bits per heavy atom. The summed E-state index contributed by atoms with van der Waals surface area (Å²) in [5.74, 6) is 1.13. The molecule has 0 saturated carbocycles. The van der Waals surface area contributed by atoms with Gasteiger partial charge in [0.1, 0.15) is 0 Å². The Balaban J connectivity index is 1.71. The normalized spacial score (nSPS) is 21.7. The molecular weight excluding hydrogens is 274 g/mol. The van der Waals surface area contributed by atoms with E-state index in [1.54, 1.807) is 0 Å². The van der Waals surface area contributed by atoms with Crippen molar-refractivity contribution in [1.29, 1.82) is 0 Å². The fourth-order valence-corrected chi connectivity index (χ4v) is 4.69. The molecule has 0 aromatic carbocycles. The van der Waals surface area contributed by atoms with Crippen LogP contribution < -0.4 is 0 Å². The molecule has 6 heteroatoms. The topological polar surface area (TPSA) is 55.2 Å². The van der Waals surface area contributed by atoms with Crippen LogP contribution >= 0.6 is 0 Å². The third kappa shape index (κ3) is 4.31. The van der Waals surface area contributed by atoms with Crippen LogP contribution in [-0.2, 0) is 16.4 Å². The van der Waals surface area contributed by atoms with Crippen LogP contribution in [0.1, 0.15) is 24.2 Å². The number of hydrogen-bond acceptors (Lipinski definition) is 4. The van der Waals surface area contributed by atoms with Gasteiger partial charge in [0.2, 0.25) is 0 Å². The van der Waals surface area contributed by atoms with E-state index >= 15 is 0 Å². The van der Waals surface area contributed by atoms with Gasteiger partial charge < -0.3 is 4.90 Å². The largest absolute Gasteiger partial charge is 0.305 e. The van der Waals surface area contributed by atoms with Gasteiger partial charge in [0.25, 0.3) is 0 Å². The predicted molar refractivity (Wildman–Crippen MR) is 80.6 cm³/mol. The number of sulfone groups is 1. The van der Waals surface area contributed by atoms with Crippen LogP contribution in [-0.4, -0.2) is 54.7 Å². The second-order valence-electron chi connectivity index (χ2n) is 6.01. The lowest BCUT2D eigenvalue weighted by molar-refractivity contribution is 0.289. The van der Waals surface area contributed by atoms with Gasteiger partial charge in [0.05, 0.1) is 23.7 Å². The zero-order valence-electron chi connectivity index (χ0n) is 12.7. The average Bonchev–Trinajstić information content (AvgIpc) is 2.86. The molecular formula is C14H25N3O2S. The molecule has 2 rings (SSSR count). The van der Waals surface area contributed by atoms with Gasteiger partial charge in [-0.3, -0.25) is 4.68 Å². The Kier molecular flexibility index (Phi) is 4.86. The van der Waals surface area contributed by atoms with E-state index in [1.165, 1.54) is 5.69 Å². The van der Waals surface area contributed by atoms with Crippen molar-refractivity contribution in [2.45, 2.75) is 33.2 Å². The van der Waals surface area contributed by atoms with Gasteiger partial charge in [0.15, 0.2) is 9.84 Å². The third-order valence-electron chi connectivity index (χ3n) is 4.04. The molecule has 5 nitrogen and oxygen atoms in total. The highest BCUT2D eigenvalue weighted by molar-refractivity contribution is 7.91. The molecule has 0 N–H and O–H groups in total. The maximum Gasteiger partial charge on any atom is 0.150 e. The third-order valence-corrected chi connectivity index (χ3v) is 5.88. The molecule has 1 fully saturated rings. The first-order valence-corrected chi connectivity index (χ1v) is 9.08. The highest BCUT2D eigenvalue weighted by Gasteiger charge is 2.27. The lowest BCUT2D eigenvalue weighted by Gasteiger charge is -2.18. The number of likely N-dealkylation sites (N-methyl/N-ethyl adjacent to an activating group) is 1. The van der Waals surface area contributed by atoms with Crippen molar-refractivity contribution in [3.63, 3.8) is 0 Å². The van der Waals surface area contributed by atoms with Crippen LogP contribution in [0.4, 0.5) is 0 Å². The average molecular weight is 299 g/mol. The minimum atomic E-state index is -2.73. The van der Waals surface area contributed by atoms with E-state index in [-0.39, 0.29) is 0 Å². The van der Waals surface area contributed by atoms with Crippen molar-refractivity contribution in [2.24, 2.45) is 5.92 Å². The molecule has 0 radical (unpaired) electrons. The van der Waals surface area contributed by atoms with Crippen molar-refractivity contribution in [3.8, 4) is 0 Å².